The summed E-state index contributed by atoms with van der Waals surface area (Å²) in [6.45, 7) is 1.26. The van der Waals surface area contributed by atoms with Crippen LogP contribution in [0.1, 0.15) is 12.5 Å². The van der Waals surface area contributed by atoms with Crippen LogP contribution in [0, 0.1) is 0 Å². The molecule has 1 atom stereocenters. The molecule has 1 aromatic heterocycles. The maximum absolute atomic E-state index is 13.7. The molecule has 0 amide bonds. The van der Waals surface area contributed by atoms with E-state index in [1.807, 2.05) is 18.2 Å². The molecule has 0 spiro atoms. The van der Waals surface area contributed by atoms with Gasteiger partial charge in [0, 0.05) is 22.7 Å². The fourth-order valence-corrected chi connectivity index (χ4v) is 1.54. The second kappa shape index (κ2) is 2.94. The number of nitrogens with one attached hydrogen (secondary N) is 1. The van der Waals surface area contributed by atoms with Gasteiger partial charge in [-0.1, -0.05) is 18.2 Å². The van der Waals surface area contributed by atoms with E-state index in [2.05, 4.69) is 4.98 Å². The normalized spacial score (nSPS) is 15.3. The zero-order valence-electron chi connectivity index (χ0n) is 7.75. The Labute approximate surface area is 80.7 Å². The predicted octanol–water partition coefficient (Wildman–Crippen LogP) is 2.55. The molecule has 1 unspecified atom stereocenters. The summed E-state index contributed by atoms with van der Waals surface area (Å²) in [4.78, 5) is 13.5. The Hall–Kier alpha value is -1.64. The number of carbonyl (C=O) groups is 1. The molecule has 0 aliphatic carbocycles. The van der Waals surface area contributed by atoms with E-state index in [1.54, 1.807) is 12.3 Å². The van der Waals surface area contributed by atoms with Crippen LogP contribution in [-0.4, -0.2) is 11.3 Å². The van der Waals surface area contributed by atoms with Crippen LogP contribution in [0.2, 0.25) is 0 Å². The Morgan fingerprint density at radius 2 is 2.14 bits per heavy atom. The first-order valence-electron chi connectivity index (χ1n) is 4.37. The average molecular weight is 191 g/mol. The van der Waals surface area contributed by atoms with Gasteiger partial charge in [-0.15, -0.1) is 0 Å². The Kier molecular flexibility index (Phi) is 1.88. The molecule has 0 fully saturated rings. The van der Waals surface area contributed by atoms with Crippen LogP contribution in [0.4, 0.5) is 4.39 Å². The molecule has 2 aromatic rings. The molecule has 0 aliphatic heterocycles. The van der Waals surface area contributed by atoms with E-state index in [-0.39, 0.29) is 0 Å². The average Bonchev–Trinajstić information content (AvgIpc) is 2.61. The Morgan fingerprint density at radius 1 is 1.43 bits per heavy atom. The minimum atomic E-state index is -1.92. The third-order valence-electron chi connectivity index (χ3n) is 2.34. The summed E-state index contributed by atoms with van der Waals surface area (Å²) in [6, 6.07) is 7.32. The van der Waals surface area contributed by atoms with E-state index < -0.39 is 5.67 Å². The second-order valence-electron chi connectivity index (χ2n) is 3.44. The summed E-state index contributed by atoms with van der Waals surface area (Å²) in [6.07, 6.45) is 1.86. The monoisotopic (exact) mass is 191 g/mol. The summed E-state index contributed by atoms with van der Waals surface area (Å²) in [7, 11) is 0. The number of H-pyrrole nitrogens is 1. The first-order valence-corrected chi connectivity index (χ1v) is 4.37. The van der Waals surface area contributed by atoms with Crippen LogP contribution < -0.4 is 0 Å². The van der Waals surface area contributed by atoms with E-state index in [4.69, 9.17) is 0 Å². The summed E-state index contributed by atoms with van der Waals surface area (Å²) in [5.41, 5.74) is -0.684. The van der Waals surface area contributed by atoms with Crippen molar-refractivity contribution in [2.45, 2.75) is 12.6 Å². The van der Waals surface area contributed by atoms with Crippen LogP contribution in [0.15, 0.2) is 30.5 Å². The fraction of sp³-hybridized carbons (Fsp3) is 0.182. The van der Waals surface area contributed by atoms with Gasteiger partial charge in [-0.3, -0.25) is 4.79 Å². The second-order valence-corrected chi connectivity index (χ2v) is 3.44. The van der Waals surface area contributed by atoms with Crippen molar-refractivity contribution in [3.8, 4) is 0 Å². The Morgan fingerprint density at radius 3 is 2.86 bits per heavy atom. The minimum Gasteiger partial charge on any atom is -0.361 e. The van der Waals surface area contributed by atoms with Gasteiger partial charge in [0.2, 0.25) is 0 Å². The quantitative estimate of drug-likeness (QED) is 0.727. The molecular weight excluding hydrogens is 181 g/mol. The summed E-state index contributed by atoms with van der Waals surface area (Å²) in [5, 5.41) is 0.754. The molecule has 2 rings (SSSR count). The number of aromatic nitrogens is 1. The number of benzene rings is 1. The van der Waals surface area contributed by atoms with E-state index in [0.717, 1.165) is 10.9 Å². The molecule has 2 nitrogen and oxygen atoms in total. The van der Waals surface area contributed by atoms with Gasteiger partial charge < -0.3 is 4.98 Å². The van der Waals surface area contributed by atoms with Gasteiger partial charge in [0.15, 0.2) is 12.0 Å². The molecule has 1 N–H and O–H groups in total. The Balaban J connectivity index is 2.70. The van der Waals surface area contributed by atoms with Crippen molar-refractivity contribution in [2.24, 2.45) is 0 Å². The lowest BCUT2D eigenvalue weighted by Crippen LogP contribution is -2.15. The first kappa shape index (κ1) is 8.94. The molecule has 1 aromatic carbocycles. The van der Waals surface area contributed by atoms with Crippen LogP contribution in [0.3, 0.4) is 0 Å². The van der Waals surface area contributed by atoms with Crippen molar-refractivity contribution in [1.29, 1.82) is 0 Å². The fourth-order valence-electron chi connectivity index (χ4n) is 1.54. The highest BCUT2D eigenvalue weighted by atomic mass is 19.1. The van der Waals surface area contributed by atoms with Crippen molar-refractivity contribution < 1.29 is 9.18 Å². The van der Waals surface area contributed by atoms with Crippen LogP contribution in [0.5, 0.6) is 0 Å². The lowest BCUT2D eigenvalue weighted by molar-refractivity contribution is -0.117. The minimum absolute atomic E-state index is 0.322. The highest BCUT2D eigenvalue weighted by Gasteiger charge is 2.27. The molecule has 72 valence electrons. The molecule has 0 aliphatic rings. The number of rotatable bonds is 2. The number of halogens is 1. The van der Waals surface area contributed by atoms with Crippen molar-refractivity contribution in [1.82, 2.24) is 4.98 Å². The van der Waals surface area contributed by atoms with Gasteiger partial charge in [0.1, 0.15) is 0 Å². The lowest BCUT2D eigenvalue weighted by Gasteiger charge is -2.10. The van der Waals surface area contributed by atoms with Crippen LogP contribution in [-0.2, 0) is 10.5 Å². The molecule has 3 heteroatoms. The third-order valence-corrected chi connectivity index (χ3v) is 2.34. The molecule has 0 saturated heterocycles. The Bertz CT molecular complexity index is 473. The molecule has 1 heterocycles. The highest BCUT2D eigenvalue weighted by Crippen LogP contribution is 2.29. The third kappa shape index (κ3) is 1.21. The van der Waals surface area contributed by atoms with Gasteiger partial charge in [0.05, 0.1) is 0 Å². The van der Waals surface area contributed by atoms with Gasteiger partial charge >= 0.3 is 0 Å². The number of aldehydes is 1. The number of alkyl halides is 1. The van der Waals surface area contributed by atoms with Crippen LogP contribution >= 0.6 is 0 Å². The largest absolute Gasteiger partial charge is 0.361 e. The van der Waals surface area contributed by atoms with E-state index in [0.29, 0.717) is 11.8 Å². The van der Waals surface area contributed by atoms with Crippen molar-refractivity contribution in [3.05, 3.63) is 36.0 Å². The number of hydrogen-bond acceptors (Lipinski definition) is 1. The van der Waals surface area contributed by atoms with E-state index >= 15 is 0 Å². The van der Waals surface area contributed by atoms with Crippen molar-refractivity contribution in [2.75, 3.05) is 0 Å². The number of hydrogen-bond donors (Lipinski definition) is 1. The topological polar surface area (TPSA) is 32.9 Å². The predicted molar refractivity (Wildman–Crippen MR) is 52.8 cm³/mol. The van der Waals surface area contributed by atoms with Gasteiger partial charge in [-0.25, -0.2) is 4.39 Å². The zero-order chi connectivity index (χ0) is 10.2. The standard InChI is InChI=1S/C11H10FNO/c1-11(12,7-14)9-6-13-10-5-3-2-4-8(9)10/h2-7,13H,1H3. The lowest BCUT2D eigenvalue weighted by atomic mass is 9.99. The number of carbonyl (C=O) groups excluding carboxylic acids is 1. The van der Waals surface area contributed by atoms with E-state index in [1.165, 1.54) is 6.92 Å². The smallest absolute Gasteiger partial charge is 0.190 e. The maximum atomic E-state index is 13.7. The summed E-state index contributed by atoms with van der Waals surface area (Å²) < 4.78 is 13.7. The number of aromatic amines is 1. The van der Waals surface area contributed by atoms with Gasteiger partial charge in [-0.2, -0.15) is 0 Å². The number of para-hydroxylation sites is 1. The number of fused-ring (bicyclic) bond motifs is 1. The maximum Gasteiger partial charge on any atom is 0.190 e. The molecule has 0 radical (unpaired) electrons. The molecule has 14 heavy (non-hydrogen) atoms. The molecule has 0 saturated carbocycles. The summed E-state index contributed by atoms with van der Waals surface area (Å²) >= 11 is 0. The highest BCUT2D eigenvalue weighted by molar-refractivity contribution is 5.87. The SMILES string of the molecule is CC(F)(C=O)c1c[nH]c2ccccc12. The van der Waals surface area contributed by atoms with Gasteiger partial charge in [0.25, 0.3) is 0 Å². The molecular formula is C11H10FNO. The zero-order valence-corrected chi connectivity index (χ0v) is 7.75. The first-order chi connectivity index (χ1) is 6.65. The van der Waals surface area contributed by atoms with Crippen LogP contribution in [0.25, 0.3) is 10.9 Å². The van der Waals surface area contributed by atoms with E-state index in [9.17, 15) is 9.18 Å². The van der Waals surface area contributed by atoms with Gasteiger partial charge in [-0.05, 0) is 13.0 Å². The summed E-state index contributed by atoms with van der Waals surface area (Å²) in [5.74, 6) is 0. The van der Waals surface area contributed by atoms with Crippen molar-refractivity contribution in [3.63, 3.8) is 0 Å². The van der Waals surface area contributed by atoms with Crippen molar-refractivity contribution >= 4 is 17.2 Å². The molecule has 0 bridgehead atoms.